The van der Waals surface area contributed by atoms with Crippen molar-refractivity contribution in [2.24, 2.45) is 22.9 Å². The van der Waals surface area contributed by atoms with E-state index in [2.05, 4.69) is 0 Å². The highest BCUT2D eigenvalue weighted by molar-refractivity contribution is 5.78. The van der Waals surface area contributed by atoms with Crippen molar-refractivity contribution in [2.75, 3.05) is 78.5 Å². The summed E-state index contributed by atoms with van der Waals surface area (Å²) in [6, 6.07) is 0. The molecule has 274 valence electrons. The van der Waals surface area contributed by atoms with E-state index in [9.17, 15) is 19.2 Å². The van der Waals surface area contributed by atoms with Crippen LogP contribution in [0.5, 0.6) is 0 Å². The Morgan fingerprint density at radius 2 is 0.532 bits per heavy atom. The molecule has 0 aliphatic carbocycles. The molecule has 0 unspecified atom stereocenters. The van der Waals surface area contributed by atoms with E-state index in [4.69, 9.17) is 22.9 Å². The largest absolute Gasteiger partial charge is 0.343 e. The Bertz CT molecular complexity index is 780. The molecule has 1 saturated heterocycles. The van der Waals surface area contributed by atoms with Crippen molar-refractivity contribution >= 4 is 23.6 Å². The zero-order chi connectivity index (χ0) is 34.5. The van der Waals surface area contributed by atoms with Crippen LogP contribution in [0.4, 0.5) is 0 Å². The maximum absolute atomic E-state index is 13.4. The van der Waals surface area contributed by atoms with Gasteiger partial charge in [-0.05, 0) is 96.8 Å². The molecular formula is C35H70N8O4. The maximum atomic E-state index is 13.4. The van der Waals surface area contributed by atoms with Gasteiger partial charge in [-0.3, -0.25) is 19.2 Å². The third-order valence-corrected chi connectivity index (χ3v) is 9.00. The zero-order valence-corrected chi connectivity index (χ0v) is 29.7. The Labute approximate surface area is 285 Å². The van der Waals surface area contributed by atoms with Crippen LogP contribution in [0.2, 0.25) is 0 Å². The maximum Gasteiger partial charge on any atom is 0.222 e. The second-order valence-corrected chi connectivity index (χ2v) is 13.0. The lowest BCUT2D eigenvalue weighted by Gasteiger charge is -2.29. The first-order chi connectivity index (χ1) is 22.9. The molecule has 0 atom stereocenters. The summed E-state index contributed by atoms with van der Waals surface area (Å²) in [5.41, 5.74) is 22.6. The highest BCUT2D eigenvalue weighted by Crippen LogP contribution is 2.12. The Kier molecular flexibility index (Phi) is 26.1. The molecule has 1 fully saturated rings. The fourth-order valence-corrected chi connectivity index (χ4v) is 6.07. The molecule has 0 aromatic carbocycles. The van der Waals surface area contributed by atoms with Crippen LogP contribution >= 0.6 is 0 Å². The Morgan fingerprint density at radius 1 is 0.319 bits per heavy atom. The molecule has 1 rings (SSSR count). The Morgan fingerprint density at radius 3 is 0.745 bits per heavy atom. The predicted molar refractivity (Wildman–Crippen MR) is 190 cm³/mol. The van der Waals surface area contributed by atoms with Gasteiger partial charge in [0.2, 0.25) is 23.6 Å². The highest BCUT2D eigenvalue weighted by atomic mass is 16.2. The van der Waals surface area contributed by atoms with Gasteiger partial charge in [-0.25, -0.2) is 0 Å². The standard InChI is InChI=1S/C35H70N8O4/c36-20-9-1-5-16-32(44)40-24-13-25-41(33(45)17-6-2-10-21-37)27-15-29-43(35(47)19-8-4-12-23-39)31-30-42(28-14-26-40)34(46)18-7-3-11-22-38/h1-31,36-39H2. The average molecular weight is 667 g/mol. The topological polar surface area (TPSA) is 185 Å². The molecule has 0 saturated carbocycles. The number of nitrogens with two attached hydrogens (primary N) is 4. The molecule has 12 nitrogen and oxygen atoms in total. The Hall–Kier alpha value is -2.28. The number of amides is 4. The molecule has 1 aliphatic heterocycles. The quantitative estimate of drug-likeness (QED) is 0.143. The van der Waals surface area contributed by atoms with Gasteiger partial charge in [0.05, 0.1) is 0 Å². The first-order valence-corrected chi connectivity index (χ1v) is 18.8. The monoisotopic (exact) mass is 667 g/mol. The molecule has 1 heterocycles. The fraction of sp³-hybridized carbons (Fsp3) is 0.886. The molecule has 12 heteroatoms. The zero-order valence-electron chi connectivity index (χ0n) is 29.7. The summed E-state index contributed by atoms with van der Waals surface area (Å²) in [5, 5.41) is 0. The first-order valence-electron chi connectivity index (χ1n) is 18.8. The summed E-state index contributed by atoms with van der Waals surface area (Å²) in [4.78, 5) is 61.0. The van der Waals surface area contributed by atoms with E-state index < -0.39 is 0 Å². The smallest absolute Gasteiger partial charge is 0.222 e. The molecule has 0 radical (unpaired) electrons. The average Bonchev–Trinajstić information content (AvgIpc) is 3.07. The minimum atomic E-state index is 0.0905. The van der Waals surface area contributed by atoms with E-state index in [0.717, 1.165) is 77.0 Å². The predicted octanol–water partition coefficient (Wildman–Crippen LogP) is 2.56. The van der Waals surface area contributed by atoms with Crippen molar-refractivity contribution in [3.8, 4) is 0 Å². The normalized spacial score (nSPS) is 15.7. The lowest BCUT2D eigenvalue weighted by molar-refractivity contribution is -0.136. The SMILES string of the molecule is NCCCCCC(=O)N1CCCN(C(=O)CCCCCN)CCCN(C(=O)CCCCCN)CCN(C(=O)CCCCCN)CCC1. The van der Waals surface area contributed by atoms with Crippen molar-refractivity contribution < 1.29 is 19.2 Å². The van der Waals surface area contributed by atoms with Crippen LogP contribution < -0.4 is 22.9 Å². The van der Waals surface area contributed by atoms with E-state index in [1.165, 1.54) is 0 Å². The summed E-state index contributed by atoms with van der Waals surface area (Å²) in [6.45, 7) is 6.76. The van der Waals surface area contributed by atoms with E-state index in [1.807, 2.05) is 19.6 Å². The van der Waals surface area contributed by atoms with Gasteiger partial charge in [0.25, 0.3) is 0 Å². The van der Waals surface area contributed by atoms with Crippen molar-refractivity contribution in [2.45, 2.75) is 122 Å². The molecule has 0 aromatic rings. The van der Waals surface area contributed by atoms with E-state index in [1.54, 1.807) is 0 Å². The second-order valence-electron chi connectivity index (χ2n) is 13.0. The summed E-state index contributed by atoms with van der Waals surface area (Å²) < 4.78 is 0. The van der Waals surface area contributed by atoms with E-state index >= 15 is 0 Å². The van der Waals surface area contributed by atoms with Crippen molar-refractivity contribution in [3.63, 3.8) is 0 Å². The molecule has 0 aromatic heterocycles. The van der Waals surface area contributed by atoms with Gasteiger partial charge < -0.3 is 42.5 Å². The van der Waals surface area contributed by atoms with Gasteiger partial charge in [-0.2, -0.15) is 0 Å². The van der Waals surface area contributed by atoms with Crippen LogP contribution in [0.15, 0.2) is 0 Å². The summed E-state index contributed by atoms with van der Waals surface area (Å²) in [5.74, 6) is 0.426. The Balaban J connectivity index is 3.12. The minimum Gasteiger partial charge on any atom is -0.343 e. The number of hydrogen-bond acceptors (Lipinski definition) is 8. The van der Waals surface area contributed by atoms with Gasteiger partial charge in [0.1, 0.15) is 0 Å². The van der Waals surface area contributed by atoms with Crippen molar-refractivity contribution in [1.82, 2.24) is 19.6 Å². The number of carbonyl (C=O) groups excluding carboxylic acids is 4. The number of carbonyl (C=O) groups is 4. The van der Waals surface area contributed by atoms with E-state index in [-0.39, 0.29) is 23.6 Å². The van der Waals surface area contributed by atoms with Crippen LogP contribution in [0.1, 0.15) is 122 Å². The van der Waals surface area contributed by atoms with Crippen molar-refractivity contribution in [3.05, 3.63) is 0 Å². The minimum absolute atomic E-state index is 0.0905. The second kappa shape index (κ2) is 28.7. The van der Waals surface area contributed by atoms with Gasteiger partial charge in [0, 0.05) is 78.0 Å². The molecule has 4 amide bonds. The molecule has 8 N–H and O–H groups in total. The lowest BCUT2D eigenvalue weighted by atomic mass is 10.1. The van der Waals surface area contributed by atoms with Gasteiger partial charge >= 0.3 is 0 Å². The van der Waals surface area contributed by atoms with Crippen molar-refractivity contribution in [1.29, 1.82) is 0 Å². The van der Waals surface area contributed by atoms with Crippen LogP contribution in [-0.4, -0.2) is 122 Å². The van der Waals surface area contributed by atoms with Gasteiger partial charge in [-0.1, -0.05) is 25.7 Å². The molecule has 47 heavy (non-hydrogen) atoms. The van der Waals surface area contributed by atoms with Crippen LogP contribution in [0.3, 0.4) is 0 Å². The lowest BCUT2D eigenvalue weighted by Crippen LogP contribution is -2.43. The van der Waals surface area contributed by atoms with Gasteiger partial charge in [0.15, 0.2) is 0 Å². The first kappa shape index (κ1) is 42.7. The van der Waals surface area contributed by atoms with Gasteiger partial charge in [-0.15, -0.1) is 0 Å². The van der Waals surface area contributed by atoms with Crippen LogP contribution in [0, 0.1) is 0 Å². The number of rotatable bonds is 20. The number of hydrogen-bond donors (Lipinski definition) is 4. The highest BCUT2D eigenvalue weighted by Gasteiger charge is 2.22. The molecule has 1 aliphatic rings. The van der Waals surface area contributed by atoms with Crippen LogP contribution in [-0.2, 0) is 19.2 Å². The van der Waals surface area contributed by atoms with E-state index in [0.29, 0.717) is 123 Å². The number of nitrogens with zero attached hydrogens (tertiary/aromatic N) is 4. The summed E-state index contributed by atoms with van der Waals surface area (Å²) in [6.07, 6.45) is 14.4. The fourth-order valence-electron chi connectivity index (χ4n) is 6.07. The third-order valence-electron chi connectivity index (χ3n) is 9.00. The summed E-state index contributed by atoms with van der Waals surface area (Å²) in [7, 11) is 0. The summed E-state index contributed by atoms with van der Waals surface area (Å²) >= 11 is 0. The third kappa shape index (κ3) is 20.6. The molecular weight excluding hydrogens is 596 g/mol. The van der Waals surface area contributed by atoms with Crippen LogP contribution in [0.25, 0.3) is 0 Å². The molecule has 0 spiro atoms. The molecule has 0 bridgehead atoms. The number of unbranched alkanes of at least 4 members (excludes halogenated alkanes) is 8.